The van der Waals surface area contributed by atoms with E-state index in [2.05, 4.69) is 26.8 Å². The SMILES string of the molecule is CCc1cc2ncc(CN3C[C@H](Oc4ccc(C(=O)O)nc4)[C@H]3C)cc2[nH]c1=O. The number of hydrogen-bond donors (Lipinski definition) is 2. The zero-order chi connectivity index (χ0) is 20.5. The third kappa shape index (κ3) is 3.84. The molecule has 3 aromatic heterocycles. The van der Waals surface area contributed by atoms with Gasteiger partial charge < -0.3 is 14.8 Å². The zero-order valence-corrected chi connectivity index (χ0v) is 16.3. The van der Waals surface area contributed by atoms with Gasteiger partial charge in [-0.1, -0.05) is 6.92 Å². The van der Waals surface area contributed by atoms with Gasteiger partial charge in [0.15, 0.2) is 0 Å². The smallest absolute Gasteiger partial charge is 0.354 e. The first-order chi connectivity index (χ1) is 13.9. The molecule has 0 bridgehead atoms. The lowest BCUT2D eigenvalue weighted by molar-refractivity contribution is -0.0415. The van der Waals surface area contributed by atoms with E-state index in [0.29, 0.717) is 18.7 Å². The number of rotatable bonds is 6. The second-order valence-corrected chi connectivity index (χ2v) is 7.26. The van der Waals surface area contributed by atoms with Gasteiger partial charge in [-0.25, -0.2) is 9.78 Å². The van der Waals surface area contributed by atoms with Gasteiger partial charge in [0.05, 0.1) is 17.2 Å². The van der Waals surface area contributed by atoms with Crippen LogP contribution in [0.2, 0.25) is 0 Å². The fourth-order valence-electron chi connectivity index (χ4n) is 3.49. The number of carboxylic acid groups (broad SMARTS) is 1. The van der Waals surface area contributed by atoms with Gasteiger partial charge in [-0.05, 0) is 43.2 Å². The van der Waals surface area contributed by atoms with Crippen LogP contribution in [-0.2, 0) is 13.0 Å². The number of nitrogens with one attached hydrogen (secondary N) is 1. The van der Waals surface area contributed by atoms with Crippen LogP contribution in [0.4, 0.5) is 0 Å². The number of carboxylic acids is 1. The first-order valence-electron chi connectivity index (χ1n) is 9.55. The minimum absolute atomic E-state index is 0.00598. The lowest BCUT2D eigenvalue weighted by Gasteiger charge is -2.45. The van der Waals surface area contributed by atoms with E-state index in [9.17, 15) is 9.59 Å². The maximum absolute atomic E-state index is 12.0. The van der Waals surface area contributed by atoms with E-state index in [-0.39, 0.29) is 23.4 Å². The van der Waals surface area contributed by atoms with Crippen molar-refractivity contribution in [2.24, 2.45) is 0 Å². The number of pyridine rings is 3. The molecule has 0 aliphatic carbocycles. The molecule has 2 atom stereocenters. The molecule has 1 saturated heterocycles. The molecule has 0 aromatic carbocycles. The molecule has 1 fully saturated rings. The Kier molecular flexibility index (Phi) is 5.02. The normalized spacial score (nSPS) is 19.1. The molecule has 3 aromatic rings. The van der Waals surface area contributed by atoms with Crippen molar-refractivity contribution in [2.45, 2.75) is 39.0 Å². The molecule has 2 N–H and O–H groups in total. The lowest BCUT2D eigenvalue weighted by Crippen LogP contribution is -2.60. The van der Waals surface area contributed by atoms with Crippen molar-refractivity contribution in [1.29, 1.82) is 0 Å². The summed E-state index contributed by atoms with van der Waals surface area (Å²) in [6, 6.07) is 7.06. The quantitative estimate of drug-likeness (QED) is 0.660. The first kappa shape index (κ1) is 19.1. The Morgan fingerprint density at radius 3 is 2.79 bits per heavy atom. The van der Waals surface area contributed by atoms with Crippen LogP contribution in [0.25, 0.3) is 11.0 Å². The summed E-state index contributed by atoms with van der Waals surface area (Å²) >= 11 is 0. The molecule has 4 heterocycles. The number of aromatic amines is 1. The molecular formula is C21H22N4O4. The first-order valence-corrected chi connectivity index (χ1v) is 9.55. The number of aromatic carboxylic acids is 1. The van der Waals surface area contributed by atoms with E-state index in [4.69, 9.17) is 9.84 Å². The summed E-state index contributed by atoms with van der Waals surface area (Å²) in [5, 5.41) is 8.90. The largest absolute Gasteiger partial charge is 0.486 e. The van der Waals surface area contributed by atoms with Crippen LogP contribution in [0.5, 0.6) is 5.75 Å². The average molecular weight is 394 g/mol. The number of carbonyl (C=O) groups is 1. The summed E-state index contributed by atoms with van der Waals surface area (Å²) in [4.78, 5) is 36.4. The molecule has 8 nitrogen and oxygen atoms in total. The van der Waals surface area contributed by atoms with Crippen LogP contribution in [-0.4, -0.2) is 49.6 Å². The van der Waals surface area contributed by atoms with Crippen molar-refractivity contribution < 1.29 is 14.6 Å². The fourth-order valence-corrected chi connectivity index (χ4v) is 3.49. The van der Waals surface area contributed by atoms with Gasteiger partial charge in [0.25, 0.3) is 5.56 Å². The van der Waals surface area contributed by atoms with Crippen molar-refractivity contribution in [3.05, 3.63) is 63.8 Å². The molecule has 4 rings (SSSR count). The Labute approximate surface area is 167 Å². The van der Waals surface area contributed by atoms with E-state index in [1.54, 1.807) is 6.07 Å². The van der Waals surface area contributed by atoms with Crippen LogP contribution in [0.15, 0.2) is 41.5 Å². The van der Waals surface area contributed by atoms with E-state index in [0.717, 1.165) is 28.7 Å². The summed E-state index contributed by atoms with van der Waals surface area (Å²) < 4.78 is 5.92. The van der Waals surface area contributed by atoms with Crippen LogP contribution >= 0.6 is 0 Å². The Bertz CT molecular complexity index is 1110. The van der Waals surface area contributed by atoms with Crippen LogP contribution < -0.4 is 10.3 Å². The van der Waals surface area contributed by atoms with Gasteiger partial charge in [0.1, 0.15) is 17.5 Å². The number of H-pyrrole nitrogens is 1. The van der Waals surface area contributed by atoms with E-state index < -0.39 is 5.97 Å². The third-order valence-electron chi connectivity index (χ3n) is 5.36. The standard InChI is InChI=1S/C21H22N4O4/c1-3-14-7-17-18(24-20(14)26)6-13(8-22-17)10-25-11-19(12(25)2)29-15-4-5-16(21(27)28)23-9-15/h4-9,12,19H,3,10-11H2,1-2H3,(H,24,26)(H,27,28)/t12-,19+/m1/s1. The number of aromatic nitrogens is 3. The second-order valence-electron chi connectivity index (χ2n) is 7.26. The molecule has 8 heteroatoms. The lowest BCUT2D eigenvalue weighted by atomic mass is 10.00. The highest BCUT2D eigenvalue weighted by Crippen LogP contribution is 2.26. The summed E-state index contributed by atoms with van der Waals surface area (Å²) in [6.07, 6.45) is 3.96. The molecular weight excluding hydrogens is 372 g/mol. The van der Waals surface area contributed by atoms with Gasteiger partial charge >= 0.3 is 5.97 Å². The Hall–Kier alpha value is -3.26. The van der Waals surface area contributed by atoms with E-state index in [1.807, 2.05) is 25.3 Å². The number of fused-ring (bicyclic) bond motifs is 1. The molecule has 150 valence electrons. The van der Waals surface area contributed by atoms with Crippen LogP contribution in [0.1, 0.15) is 35.5 Å². The van der Waals surface area contributed by atoms with E-state index in [1.165, 1.54) is 12.3 Å². The van der Waals surface area contributed by atoms with Crippen LogP contribution in [0.3, 0.4) is 0 Å². The monoisotopic (exact) mass is 394 g/mol. The highest BCUT2D eigenvalue weighted by atomic mass is 16.5. The Morgan fingerprint density at radius 2 is 2.14 bits per heavy atom. The summed E-state index contributed by atoms with van der Waals surface area (Å²) in [6.45, 7) is 5.48. The topological polar surface area (TPSA) is 108 Å². The van der Waals surface area contributed by atoms with Crippen molar-refractivity contribution in [3.8, 4) is 5.75 Å². The van der Waals surface area contributed by atoms with Crippen molar-refractivity contribution in [3.63, 3.8) is 0 Å². The fraction of sp³-hybridized carbons (Fsp3) is 0.333. The Morgan fingerprint density at radius 1 is 1.31 bits per heavy atom. The molecule has 0 radical (unpaired) electrons. The van der Waals surface area contributed by atoms with Gasteiger partial charge in [-0.2, -0.15) is 0 Å². The number of ether oxygens (including phenoxy) is 1. The number of nitrogens with zero attached hydrogens (tertiary/aromatic N) is 3. The minimum atomic E-state index is -1.06. The summed E-state index contributed by atoms with van der Waals surface area (Å²) in [7, 11) is 0. The molecule has 1 aliphatic rings. The van der Waals surface area contributed by atoms with Gasteiger partial charge in [-0.3, -0.25) is 14.7 Å². The number of likely N-dealkylation sites (tertiary alicyclic amines) is 1. The van der Waals surface area contributed by atoms with Crippen LogP contribution in [0, 0.1) is 0 Å². The average Bonchev–Trinajstić information content (AvgIpc) is 2.72. The maximum atomic E-state index is 12.0. The molecule has 0 unspecified atom stereocenters. The summed E-state index contributed by atoms with van der Waals surface area (Å²) in [5.41, 5.74) is 3.23. The minimum Gasteiger partial charge on any atom is -0.486 e. The molecule has 0 spiro atoms. The van der Waals surface area contributed by atoms with Crippen molar-refractivity contribution in [2.75, 3.05) is 6.54 Å². The van der Waals surface area contributed by atoms with Gasteiger partial charge in [0.2, 0.25) is 0 Å². The van der Waals surface area contributed by atoms with Crippen molar-refractivity contribution >= 4 is 17.0 Å². The number of aryl methyl sites for hydroxylation is 1. The zero-order valence-electron chi connectivity index (χ0n) is 16.3. The highest BCUT2D eigenvalue weighted by molar-refractivity contribution is 5.85. The number of hydrogen-bond acceptors (Lipinski definition) is 6. The predicted molar refractivity (Wildman–Crippen MR) is 107 cm³/mol. The third-order valence-corrected chi connectivity index (χ3v) is 5.36. The molecule has 1 aliphatic heterocycles. The molecule has 29 heavy (non-hydrogen) atoms. The van der Waals surface area contributed by atoms with Crippen molar-refractivity contribution in [1.82, 2.24) is 19.9 Å². The van der Waals surface area contributed by atoms with Gasteiger partial charge in [0, 0.05) is 30.9 Å². The maximum Gasteiger partial charge on any atom is 0.354 e. The summed E-state index contributed by atoms with van der Waals surface area (Å²) in [5.74, 6) is -0.501. The molecule has 0 amide bonds. The van der Waals surface area contributed by atoms with Gasteiger partial charge in [-0.15, -0.1) is 0 Å². The second kappa shape index (κ2) is 7.63. The highest BCUT2D eigenvalue weighted by Gasteiger charge is 2.37. The Balaban J connectivity index is 1.40. The predicted octanol–water partition coefficient (Wildman–Crippen LogP) is 2.23. The van der Waals surface area contributed by atoms with E-state index >= 15 is 0 Å². The molecule has 0 saturated carbocycles.